The molecule has 0 saturated carbocycles. The van der Waals surface area contributed by atoms with Gasteiger partial charge in [-0.1, -0.05) is 47.2 Å². The van der Waals surface area contributed by atoms with Crippen LogP contribution in [0.5, 0.6) is 5.75 Å². The summed E-state index contributed by atoms with van der Waals surface area (Å²) in [7, 11) is 1.61. The molecule has 1 atom stereocenters. The third kappa shape index (κ3) is 4.45. The molecule has 6 nitrogen and oxygen atoms in total. The lowest BCUT2D eigenvalue weighted by Crippen LogP contribution is -2.43. The summed E-state index contributed by atoms with van der Waals surface area (Å²) in [6.45, 7) is 6.86. The maximum Gasteiger partial charge on any atom is 0.271 e. The van der Waals surface area contributed by atoms with E-state index in [9.17, 15) is 9.59 Å². The van der Waals surface area contributed by atoms with E-state index < -0.39 is 6.04 Å². The van der Waals surface area contributed by atoms with E-state index >= 15 is 0 Å². The van der Waals surface area contributed by atoms with Crippen LogP contribution in [0.25, 0.3) is 6.08 Å². The molecule has 1 aliphatic heterocycles. The Labute approximate surface area is 207 Å². The minimum Gasteiger partial charge on any atom is -0.497 e. The summed E-state index contributed by atoms with van der Waals surface area (Å²) in [5, 5.41) is 0.591. The second-order valence-corrected chi connectivity index (χ2v) is 9.33. The zero-order valence-corrected chi connectivity index (χ0v) is 21.1. The Bertz CT molecular complexity index is 1420. The normalized spacial score (nSPS) is 15.7. The molecule has 1 amide bonds. The van der Waals surface area contributed by atoms with Gasteiger partial charge in [-0.05, 0) is 62.2 Å². The standard InChI is InChI=1S/C26H26ClN3O3S/c1-5-29(6-2)25(32)22-16(3)28-26-30(23(22)18-9-11-19(27)12-10-18)24(31)21(34-26)15-17-7-13-20(33-4)14-8-17/h7-15,23H,5-6H2,1-4H3/b21-15+/t23-/m1/s1. The topological polar surface area (TPSA) is 63.9 Å². The SMILES string of the molecule is CCN(CC)C(=O)C1=C(C)N=c2s/c(=C/c3ccc(OC)cc3)c(=O)n2[C@@H]1c1ccc(Cl)cc1. The highest BCUT2D eigenvalue weighted by Crippen LogP contribution is 2.31. The fourth-order valence-corrected chi connectivity index (χ4v) is 5.26. The van der Waals surface area contributed by atoms with Crippen molar-refractivity contribution in [1.29, 1.82) is 0 Å². The van der Waals surface area contributed by atoms with Gasteiger partial charge in [0.1, 0.15) is 5.75 Å². The molecule has 1 aliphatic rings. The molecule has 2 heterocycles. The van der Waals surface area contributed by atoms with Gasteiger partial charge in [0.05, 0.1) is 29.0 Å². The number of rotatable bonds is 6. The Kier molecular flexibility index (Phi) is 7.05. The van der Waals surface area contributed by atoms with Gasteiger partial charge < -0.3 is 9.64 Å². The lowest BCUT2D eigenvalue weighted by Gasteiger charge is -2.29. The number of methoxy groups -OCH3 is 1. The van der Waals surface area contributed by atoms with E-state index in [2.05, 4.69) is 0 Å². The van der Waals surface area contributed by atoms with E-state index in [0.717, 1.165) is 16.9 Å². The van der Waals surface area contributed by atoms with Gasteiger partial charge in [0.2, 0.25) is 0 Å². The van der Waals surface area contributed by atoms with Gasteiger partial charge in [-0.15, -0.1) is 0 Å². The maximum absolute atomic E-state index is 13.7. The summed E-state index contributed by atoms with van der Waals surface area (Å²) in [6.07, 6.45) is 1.84. The molecule has 2 aromatic carbocycles. The van der Waals surface area contributed by atoms with Crippen LogP contribution in [-0.2, 0) is 4.79 Å². The number of thiazole rings is 1. The zero-order valence-electron chi connectivity index (χ0n) is 19.5. The van der Waals surface area contributed by atoms with Crippen molar-refractivity contribution in [2.75, 3.05) is 20.2 Å². The van der Waals surface area contributed by atoms with Crippen LogP contribution in [0.15, 0.2) is 69.6 Å². The van der Waals surface area contributed by atoms with Gasteiger partial charge >= 0.3 is 0 Å². The number of hydrogen-bond acceptors (Lipinski definition) is 5. The lowest BCUT2D eigenvalue weighted by molar-refractivity contribution is -0.127. The van der Waals surface area contributed by atoms with Crippen LogP contribution < -0.4 is 19.6 Å². The number of benzene rings is 2. The summed E-state index contributed by atoms with van der Waals surface area (Å²) < 4.78 is 7.40. The summed E-state index contributed by atoms with van der Waals surface area (Å²) >= 11 is 7.45. The highest BCUT2D eigenvalue weighted by atomic mass is 35.5. The van der Waals surface area contributed by atoms with Gasteiger partial charge in [0.15, 0.2) is 4.80 Å². The molecule has 0 radical (unpaired) electrons. The Morgan fingerprint density at radius 3 is 2.38 bits per heavy atom. The molecule has 34 heavy (non-hydrogen) atoms. The molecule has 3 aromatic rings. The van der Waals surface area contributed by atoms with Crippen LogP contribution in [0.2, 0.25) is 5.02 Å². The van der Waals surface area contributed by atoms with E-state index in [1.54, 1.807) is 28.7 Å². The first kappa shape index (κ1) is 24.0. The number of likely N-dealkylation sites (N-methyl/N-ethyl adjacent to an activating group) is 1. The molecule has 0 N–H and O–H groups in total. The van der Waals surface area contributed by atoms with Crippen molar-refractivity contribution in [3.63, 3.8) is 0 Å². The van der Waals surface area contributed by atoms with Crippen molar-refractivity contribution in [2.24, 2.45) is 4.99 Å². The first-order valence-corrected chi connectivity index (χ1v) is 12.3. The highest BCUT2D eigenvalue weighted by molar-refractivity contribution is 7.07. The van der Waals surface area contributed by atoms with Crippen LogP contribution in [0.3, 0.4) is 0 Å². The third-order valence-electron chi connectivity index (χ3n) is 5.90. The minimum absolute atomic E-state index is 0.115. The molecule has 0 saturated heterocycles. The molecule has 1 aromatic heterocycles. The van der Waals surface area contributed by atoms with Crippen LogP contribution in [0, 0.1) is 0 Å². The average Bonchev–Trinajstić information content (AvgIpc) is 3.14. The number of amides is 1. The highest BCUT2D eigenvalue weighted by Gasteiger charge is 2.34. The Balaban J connectivity index is 1.92. The number of carbonyl (C=O) groups excluding carboxylic acids is 1. The van der Waals surface area contributed by atoms with Crippen LogP contribution in [0.1, 0.15) is 37.9 Å². The molecule has 0 fully saturated rings. The van der Waals surface area contributed by atoms with Gasteiger partial charge in [-0.2, -0.15) is 0 Å². The molecular formula is C26H26ClN3O3S. The molecule has 4 rings (SSSR count). The third-order valence-corrected chi connectivity index (χ3v) is 7.14. The summed E-state index contributed by atoms with van der Waals surface area (Å²) in [5.41, 5.74) is 2.64. The Morgan fingerprint density at radius 1 is 1.15 bits per heavy atom. The zero-order chi connectivity index (χ0) is 24.4. The first-order chi connectivity index (χ1) is 16.4. The van der Waals surface area contributed by atoms with E-state index in [4.69, 9.17) is 21.3 Å². The molecular weight excluding hydrogens is 470 g/mol. The Morgan fingerprint density at radius 2 is 1.79 bits per heavy atom. The molecule has 0 bridgehead atoms. The number of ether oxygens (including phenoxy) is 1. The summed E-state index contributed by atoms with van der Waals surface area (Å²) in [4.78, 5) is 34.2. The first-order valence-electron chi connectivity index (χ1n) is 11.1. The number of halogens is 1. The molecule has 0 unspecified atom stereocenters. The van der Waals surface area contributed by atoms with Gasteiger partial charge in [0, 0.05) is 18.1 Å². The van der Waals surface area contributed by atoms with Crippen molar-refractivity contribution in [2.45, 2.75) is 26.8 Å². The molecule has 0 spiro atoms. The van der Waals surface area contributed by atoms with Crippen LogP contribution >= 0.6 is 22.9 Å². The number of fused-ring (bicyclic) bond motifs is 1. The monoisotopic (exact) mass is 495 g/mol. The van der Waals surface area contributed by atoms with Crippen molar-refractivity contribution < 1.29 is 9.53 Å². The Hall–Kier alpha value is -3.16. The minimum atomic E-state index is -0.584. The summed E-state index contributed by atoms with van der Waals surface area (Å²) in [5.74, 6) is 0.632. The largest absolute Gasteiger partial charge is 0.497 e. The van der Waals surface area contributed by atoms with Gasteiger partial charge in [0.25, 0.3) is 11.5 Å². The number of allylic oxidation sites excluding steroid dienone is 1. The second-order valence-electron chi connectivity index (χ2n) is 7.88. The lowest BCUT2D eigenvalue weighted by atomic mass is 9.94. The van der Waals surface area contributed by atoms with Gasteiger partial charge in [-0.3, -0.25) is 14.2 Å². The average molecular weight is 496 g/mol. The van der Waals surface area contributed by atoms with Gasteiger partial charge in [-0.25, -0.2) is 4.99 Å². The number of nitrogens with zero attached hydrogens (tertiary/aromatic N) is 3. The quantitative estimate of drug-likeness (QED) is 0.523. The van der Waals surface area contributed by atoms with Crippen molar-refractivity contribution >= 4 is 34.9 Å². The van der Waals surface area contributed by atoms with E-state index in [1.807, 2.05) is 63.2 Å². The second kappa shape index (κ2) is 9.99. The predicted octanol–water partition coefficient (Wildman–Crippen LogP) is 3.77. The fourth-order valence-electron chi connectivity index (χ4n) is 4.09. The van der Waals surface area contributed by atoms with Crippen LogP contribution in [0.4, 0.5) is 0 Å². The van der Waals surface area contributed by atoms with Crippen molar-refractivity contribution in [3.05, 3.63) is 95.6 Å². The number of carbonyl (C=O) groups is 1. The predicted molar refractivity (Wildman–Crippen MR) is 136 cm³/mol. The maximum atomic E-state index is 13.7. The summed E-state index contributed by atoms with van der Waals surface area (Å²) in [6, 6.07) is 14.2. The van der Waals surface area contributed by atoms with Crippen LogP contribution in [-0.4, -0.2) is 35.6 Å². The van der Waals surface area contributed by atoms with E-state index in [1.165, 1.54) is 11.3 Å². The number of hydrogen-bond donors (Lipinski definition) is 0. The molecule has 0 aliphatic carbocycles. The van der Waals surface area contributed by atoms with E-state index in [0.29, 0.717) is 38.7 Å². The smallest absolute Gasteiger partial charge is 0.271 e. The fraction of sp³-hybridized carbons (Fsp3) is 0.269. The van der Waals surface area contributed by atoms with E-state index in [-0.39, 0.29) is 11.5 Å². The number of aromatic nitrogens is 1. The van der Waals surface area contributed by atoms with Crippen molar-refractivity contribution in [1.82, 2.24) is 9.47 Å². The van der Waals surface area contributed by atoms with Crippen molar-refractivity contribution in [3.8, 4) is 5.75 Å². The molecule has 8 heteroatoms. The molecule has 176 valence electrons.